The van der Waals surface area contributed by atoms with E-state index in [0.29, 0.717) is 11.2 Å². The fourth-order valence-corrected chi connectivity index (χ4v) is 3.39. The van der Waals surface area contributed by atoms with Crippen LogP contribution in [0.15, 0.2) is 65.6 Å². The van der Waals surface area contributed by atoms with Crippen LogP contribution < -0.4 is 11.0 Å². The lowest BCUT2D eigenvalue weighted by Crippen LogP contribution is -2.29. The molecule has 0 atom stereocenters. The molecule has 2 aromatic carbocycles. The van der Waals surface area contributed by atoms with Crippen molar-refractivity contribution in [3.63, 3.8) is 0 Å². The second kappa shape index (κ2) is 7.39. The molecule has 0 fully saturated rings. The Morgan fingerprint density at radius 1 is 1.00 bits per heavy atom. The highest BCUT2D eigenvalue weighted by Crippen LogP contribution is 2.19. The molecule has 0 saturated carbocycles. The first kappa shape index (κ1) is 18.7. The normalized spacial score (nSPS) is 11.0. The van der Waals surface area contributed by atoms with Crippen LogP contribution in [0.3, 0.4) is 0 Å². The minimum atomic E-state index is -0.293. The summed E-state index contributed by atoms with van der Waals surface area (Å²) in [5, 5.41) is 2.92. The lowest BCUT2D eigenvalue weighted by atomic mass is 10.1. The molecule has 4 aromatic rings. The maximum absolute atomic E-state index is 13.2. The van der Waals surface area contributed by atoms with E-state index >= 15 is 0 Å². The number of nitrogens with zero attached hydrogens (tertiary/aromatic N) is 3. The molecule has 6 heteroatoms. The van der Waals surface area contributed by atoms with E-state index in [2.05, 4.69) is 10.3 Å². The third-order valence-corrected chi connectivity index (χ3v) is 5.16. The van der Waals surface area contributed by atoms with Crippen LogP contribution in [0, 0.1) is 20.8 Å². The molecule has 0 aliphatic heterocycles. The van der Waals surface area contributed by atoms with E-state index in [4.69, 9.17) is 0 Å². The first-order valence-corrected chi connectivity index (χ1v) is 9.45. The van der Waals surface area contributed by atoms with Crippen LogP contribution >= 0.6 is 0 Å². The molecule has 2 aromatic heterocycles. The van der Waals surface area contributed by atoms with Crippen LogP contribution in [-0.4, -0.2) is 20.0 Å². The lowest BCUT2D eigenvalue weighted by molar-refractivity contribution is -0.116. The van der Waals surface area contributed by atoms with Crippen LogP contribution in [0.5, 0.6) is 0 Å². The summed E-state index contributed by atoms with van der Waals surface area (Å²) in [5.41, 5.74) is 5.54. The molecule has 0 aliphatic carbocycles. The summed E-state index contributed by atoms with van der Waals surface area (Å²) in [5.74, 6) is -0.257. The quantitative estimate of drug-likeness (QED) is 0.581. The van der Waals surface area contributed by atoms with Crippen LogP contribution in [0.1, 0.15) is 16.7 Å². The molecule has 29 heavy (non-hydrogen) atoms. The van der Waals surface area contributed by atoms with E-state index in [1.54, 1.807) is 22.9 Å². The van der Waals surface area contributed by atoms with Crippen LogP contribution in [-0.2, 0) is 11.3 Å². The highest BCUT2D eigenvalue weighted by atomic mass is 16.2. The number of pyridine rings is 1. The van der Waals surface area contributed by atoms with Gasteiger partial charge >= 0.3 is 5.69 Å². The Balaban J connectivity index is 1.74. The summed E-state index contributed by atoms with van der Waals surface area (Å²) in [6, 6.07) is 17.0. The number of carbonyl (C=O) groups excluding carboxylic acids is 1. The zero-order valence-corrected chi connectivity index (χ0v) is 16.6. The third kappa shape index (κ3) is 3.45. The third-order valence-electron chi connectivity index (χ3n) is 5.16. The summed E-state index contributed by atoms with van der Waals surface area (Å²) in [4.78, 5) is 30.3. The summed E-state index contributed by atoms with van der Waals surface area (Å²) >= 11 is 0. The predicted molar refractivity (Wildman–Crippen MR) is 115 cm³/mol. The van der Waals surface area contributed by atoms with Gasteiger partial charge in [-0.1, -0.05) is 29.8 Å². The zero-order chi connectivity index (χ0) is 20.5. The molecule has 1 amide bonds. The minimum absolute atomic E-state index is 0.0900. The maximum Gasteiger partial charge on any atom is 0.335 e. The molecule has 1 N–H and O–H groups in total. The Morgan fingerprint density at radius 2 is 1.76 bits per heavy atom. The molecule has 0 unspecified atom stereocenters. The fraction of sp³-hybridized carbons (Fsp3) is 0.174. The maximum atomic E-state index is 13.2. The highest BCUT2D eigenvalue weighted by molar-refractivity contribution is 5.92. The topological polar surface area (TPSA) is 68.9 Å². The molecule has 6 nitrogen and oxygen atoms in total. The van der Waals surface area contributed by atoms with Crippen molar-refractivity contribution >= 4 is 22.8 Å². The van der Waals surface area contributed by atoms with Crippen molar-refractivity contribution in [1.82, 2.24) is 14.1 Å². The van der Waals surface area contributed by atoms with Gasteiger partial charge < -0.3 is 5.32 Å². The molecular weight excluding hydrogens is 364 g/mol. The van der Waals surface area contributed by atoms with Crippen molar-refractivity contribution in [3.05, 3.63) is 88.0 Å². The molecule has 0 bridgehead atoms. The summed E-state index contributed by atoms with van der Waals surface area (Å²) in [6.07, 6.45) is 1.65. The molecule has 2 heterocycles. The van der Waals surface area contributed by atoms with Gasteiger partial charge in [0, 0.05) is 11.9 Å². The van der Waals surface area contributed by atoms with Crippen molar-refractivity contribution < 1.29 is 4.79 Å². The van der Waals surface area contributed by atoms with Gasteiger partial charge in [-0.3, -0.25) is 9.36 Å². The van der Waals surface area contributed by atoms with Crippen LogP contribution in [0.2, 0.25) is 0 Å². The predicted octanol–water partition coefficient (Wildman–Crippen LogP) is 3.75. The average molecular weight is 386 g/mol. The Kier molecular flexibility index (Phi) is 4.76. The fourth-order valence-electron chi connectivity index (χ4n) is 3.39. The number of anilines is 1. The standard InChI is InChI=1S/C23H22N4O2/c1-15-9-11-18(12-10-15)27-22-20(8-5-13-24-22)26(23(27)29)14-21(28)25-19-7-4-6-16(2)17(19)3/h4-13H,14H2,1-3H3,(H,25,28). The number of fused-ring (bicyclic) bond motifs is 1. The van der Waals surface area contributed by atoms with Gasteiger partial charge in [0.25, 0.3) is 0 Å². The van der Waals surface area contributed by atoms with Crippen molar-refractivity contribution in [2.45, 2.75) is 27.3 Å². The molecule has 0 saturated heterocycles. The summed E-state index contributed by atoms with van der Waals surface area (Å²) < 4.78 is 3.00. The number of benzene rings is 2. The lowest BCUT2D eigenvalue weighted by Gasteiger charge is -2.10. The number of amides is 1. The van der Waals surface area contributed by atoms with Gasteiger partial charge in [-0.15, -0.1) is 0 Å². The number of nitrogens with one attached hydrogen (secondary N) is 1. The van der Waals surface area contributed by atoms with Crippen LogP contribution in [0.4, 0.5) is 5.69 Å². The molecule has 0 spiro atoms. The number of carbonyl (C=O) groups is 1. The van der Waals surface area contributed by atoms with Crippen molar-refractivity contribution in [2.24, 2.45) is 0 Å². The van der Waals surface area contributed by atoms with Gasteiger partial charge in [0.05, 0.1) is 11.2 Å². The Bertz CT molecular complexity index is 1270. The molecule has 146 valence electrons. The molecular formula is C23H22N4O2. The van der Waals surface area contributed by atoms with Crippen molar-refractivity contribution in [3.8, 4) is 5.69 Å². The van der Waals surface area contributed by atoms with E-state index < -0.39 is 0 Å². The van der Waals surface area contributed by atoms with Gasteiger partial charge in [-0.2, -0.15) is 0 Å². The summed E-state index contributed by atoms with van der Waals surface area (Å²) in [7, 11) is 0. The number of aryl methyl sites for hydroxylation is 2. The Labute approximate surface area is 168 Å². The van der Waals surface area contributed by atoms with Gasteiger partial charge in [-0.25, -0.2) is 14.3 Å². The van der Waals surface area contributed by atoms with Gasteiger partial charge in [0.1, 0.15) is 6.54 Å². The Morgan fingerprint density at radius 3 is 2.52 bits per heavy atom. The first-order valence-electron chi connectivity index (χ1n) is 9.45. The molecule has 4 rings (SSSR count). The smallest absolute Gasteiger partial charge is 0.324 e. The first-order chi connectivity index (χ1) is 14.0. The number of hydrogen-bond donors (Lipinski definition) is 1. The monoisotopic (exact) mass is 386 g/mol. The molecule has 0 radical (unpaired) electrons. The van der Waals surface area contributed by atoms with Gasteiger partial charge in [0.15, 0.2) is 5.65 Å². The number of hydrogen-bond acceptors (Lipinski definition) is 3. The second-order valence-electron chi connectivity index (χ2n) is 7.18. The number of imidazole rings is 1. The largest absolute Gasteiger partial charge is 0.335 e. The van der Waals surface area contributed by atoms with Crippen molar-refractivity contribution in [2.75, 3.05) is 5.32 Å². The van der Waals surface area contributed by atoms with Crippen LogP contribution in [0.25, 0.3) is 16.9 Å². The minimum Gasteiger partial charge on any atom is -0.324 e. The SMILES string of the molecule is Cc1ccc(-n2c(=O)n(CC(=O)Nc3cccc(C)c3C)c3cccnc32)cc1. The molecule has 0 aliphatic rings. The zero-order valence-electron chi connectivity index (χ0n) is 16.6. The van der Waals surface area contributed by atoms with E-state index in [0.717, 1.165) is 28.1 Å². The Hall–Kier alpha value is -3.67. The van der Waals surface area contributed by atoms with E-state index in [1.165, 1.54) is 4.57 Å². The van der Waals surface area contributed by atoms with Crippen molar-refractivity contribution in [1.29, 1.82) is 0 Å². The van der Waals surface area contributed by atoms with E-state index in [9.17, 15) is 9.59 Å². The van der Waals surface area contributed by atoms with E-state index in [1.807, 2.05) is 63.2 Å². The second-order valence-corrected chi connectivity index (χ2v) is 7.18. The average Bonchev–Trinajstić information content (AvgIpc) is 2.98. The van der Waals surface area contributed by atoms with Gasteiger partial charge in [-0.05, 0) is 62.2 Å². The highest BCUT2D eigenvalue weighted by Gasteiger charge is 2.18. The van der Waals surface area contributed by atoms with E-state index in [-0.39, 0.29) is 18.1 Å². The van der Waals surface area contributed by atoms with Gasteiger partial charge in [0.2, 0.25) is 5.91 Å². The summed E-state index contributed by atoms with van der Waals surface area (Å²) in [6.45, 7) is 5.86. The number of rotatable bonds is 4. The number of aromatic nitrogens is 3.